The molecule has 3 heteroatoms. The van der Waals surface area contributed by atoms with Crippen LogP contribution in [-0.2, 0) is 10.8 Å². The molecule has 0 amide bonds. The first-order chi connectivity index (χ1) is 31.5. The van der Waals surface area contributed by atoms with Gasteiger partial charge in [0.2, 0.25) is 0 Å². The summed E-state index contributed by atoms with van der Waals surface area (Å²) in [5.41, 5.74) is 24.8. The van der Waals surface area contributed by atoms with Gasteiger partial charge in [-0.1, -0.05) is 145 Å². The van der Waals surface area contributed by atoms with E-state index in [0.29, 0.717) is 5.92 Å². The van der Waals surface area contributed by atoms with Gasteiger partial charge < -0.3 is 9.80 Å². The Bertz CT molecular complexity index is 3270. The quantitative estimate of drug-likeness (QED) is 0.160. The molecule has 0 radical (unpaired) electrons. The summed E-state index contributed by atoms with van der Waals surface area (Å²) in [5, 5.41) is 0. The van der Waals surface area contributed by atoms with Crippen molar-refractivity contribution in [1.82, 2.24) is 0 Å². The molecule has 318 valence electrons. The molecule has 4 bridgehead atoms. The van der Waals surface area contributed by atoms with Crippen molar-refractivity contribution in [2.75, 3.05) is 9.80 Å². The van der Waals surface area contributed by atoms with Gasteiger partial charge in [-0.3, -0.25) is 0 Å². The number of hydrogen-bond acceptors (Lipinski definition) is 2. The minimum Gasteiger partial charge on any atom is -0.311 e. The van der Waals surface area contributed by atoms with Gasteiger partial charge in [-0.15, -0.1) is 0 Å². The van der Waals surface area contributed by atoms with Crippen LogP contribution in [0.3, 0.4) is 0 Å². The van der Waals surface area contributed by atoms with Crippen molar-refractivity contribution in [3.05, 3.63) is 174 Å². The first-order valence-electron chi connectivity index (χ1n) is 24.9. The Morgan fingerprint density at radius 2 is 0.938 bits per heavy atom. The predicted octanol–water partition coefficient (Wildman–Crippen LogP) is 14.0. The van der Waals surface area contributed by atoms with Crippen LogP contribution in [0.15, 0.2) is 152 Å². The van der Waals surface area contributed by atoms with E-state index >= 15 is 0 Å². The van der Waals surface area contributed by atoms with Crippen molar-refractivity contribution in [2.24, 2.45) is 33.5 Å². The highest BCUT2D eigenvalue weighted by Gasteiger charge is 2.73. The molecule has 0 N–H and O–H groups in total. The van der Waals surface area contributed by atoms with E-state index in [-0.39, 0.29) is 39.2 Å². The number of anilines is 6. The van der Waals surface area contributed by atoms with E-state index in [2.05, 4.69) is 203 Å². The van der Waals surface area contributed by atoms with Crippen molar-refractivity contribution in [3.63, 3.8) is 0 Å². The van der Waals surface area contributed by atoms with E-state index in [1.807, 2.05) is 0 Å². The number of para-hydroxylation sites is 2. The molecule has 4 saturated carbocycles. The number of rotatable bonds is 2. The van der Waals surface area contributed by atoms with Gasteiger partial charge in [0.15, 0.2) is 0 Å². The molecule has 2 aliphatic heterocycles. The van der Waals surface area contributed by atoms with Crippen LogP contribution in [0.1, 0.15) is 102 Å². The summed E-state index contributed by atoms with van der Waals surface area (Å²) in [6.07, 6.45) is 7.71. The molecule has 0 saturated heterocycles. The van der Waals surface area contributed by atoms with Gasteiger partial charge in [0.1, 0.15) is 0 Å². The maximum Gasteiger partial charge on any atom is 0.252 e. The predicted molar refractivity (Wildman–Crippen MR) is 271 cm³/mol. The zero-order chi connectivity index (χ0) is 43.6. The van der Waals surface area contributed by atoms with Gasteiger partial charge in [0, 0.05) is 45.0 Å². The molecule has 7 aromatic rings. The van der Waals surface area contributed by atoms with Crippen molar-refractivity contribution in [1.29, 1.82) is 0 Å². The fraction of sp³-hybridized carbons (Fsp3) is 0.323. The smallest absolute Gasteiger partial charge is 0.252 e. The molecule has 2 nitrogen and oxygen atoms in total. The minimum absolute atomic E-state index is 0.00282. The largest absolute Gasteiger partial charge is 0.311 e. The van der Waals surface area contributed by atoms with Gasteiger partial charge >= 0.3 is 0 Å². The van der Waals surface area contributed by atoms with Crippen molar-refractivity contribution < 1.29 is 0 Å². The van der Waals surface area contributed by atoms with E-state index in [4.69, 9.17) is 0 Å². The third kappa shape index (κ3) is 3.93. The van der Waals surface area contributed by atoms with Crippen molar-refractivity contribution >= 4 is 57.2 Å². The highest BCUT2D eigenvalue weighted by atomic mass is 15.2. The molecular formula is C62H57BN2. The molecule has 2 spiro atoms. The van der Waals surface area contributed by atoms with Gasteiger partial charge in [-0.25, -0.2) is 0 Å². The average molecular weight is 841 g/mol. The normalized spacial score (nSPS) is 30.0. The lowest BCUT2D eigenvalue weighted by molar-refractivity contribution is 0.0990. The zero-order valence-corrected chi connectivity index (χ0v) is 38.8. The van der Waals surface area contributed by atoms with Crippen LogP contribution in [0, 0.1) is 33.5 Å². The molecule has 0 unspecified atom stereocenters. The summed E-state index contributed by atoms with van der Waals surface area (Å²) >= 11 is 0. The van der Waals surface area contributed by atoms with Crippen LogP contribution >= 0.6 is 0 Å². The van der Waals surface area contributed by atoms with Crippen molar-refractivity contribution in [2.45, 2.75) is 90.9 Å². The summed E-state index contributed by atoms with van der Waals surface area (Å²) in [7, 11) is 0. The van der Waals surface area contributed by atoms with E-state index in [1.54, 1.807) is 22.3 Å². The zero-order valence-electron chi connectivity index (χ0n) is 38.8. The Morgan fingerprint density at radius 1 is 0.415 bits per heavy atom. The molecule has 0 aromatic heterocycles. The minimum atomic E-state index is -0.0131. The van der Waals surface area contributed by atoms with E-state index in [1.165, 1.54) is 111 Å². The topological polar surface area (TPSA) is 6.48 Å². The fourth-order valence-corrected chi connectivity index (χ4v) is 17.6. The van der Waals surface area contributed by atoms with Gasteiger partial charge in [0.05, 0.1) is 0 Å². The van der Waals surface area contributed by atoms with Crippen molar-refractivity contribution in [3.8, 4) is 22.3 Å². The highest BCUT2D eigenvalue weighted by molar-refractivity contribution is 7.00. The molecule has 4 fully saturated rings. The monoisotopic (exact) mass is 840 g/mol. The Morgan fingerprint density at radius 3 is 1.55 bits per heavy atom. The van der Waals surface area contributed by atoms with Crippen LogP contribution in [0.25, 0.3) is 22.3 Å². The standard InChI is InChI=1S/C62H57BN2/c1-57(2)38-29-31-59(57,5)61(36-38)46-21-12-10-19-42(46)44-28-27-41(33-48(44)61)65-52-24-15-14-23-50(52)63-51-35-49-45(34-55(51)64(40-17-8-7-9-18-40)53-25-16-26-54(65)56(53)63)43-20-11-13-22-47(43)62(49)37-39-30-32-60(62,6)58(39,3)4/h7-28,33-35,38-39H,29-32,36-37H2,1-6H3/t38-,39-,59-,60-,61-,62+/m1/s1. The molecular weight excluding hydrogens is 784 g/mol. The van der Waals surface area contributed by atoms with Gasteiger partial charge in [-0.05, 0) is 181 Å². The average Bonchev–Trinajstić information content (AvgIpc) is 4.02. The highest BCUT2D eigenvalue weighted by Crippen LogP contribution is 2.79. The summed E-state index contributed by atoms with van der Waals surface area (Å²) in [4.78, 5) is 5.27. The van der Waals surface area contributed by atoms with Crippen LogP contribution in [-0.4, -0.2) is 6.71 Å². The lowest BCUT2D eigenvalue weighted by Gasteiger charge is -2.49. The molecule has 8 aliphatic rings. The third-order valence-electron chi connectivity index (χ3n) is 21.4. The van der Waals surface area contributed by atoms with Crippen LogP contribution in [0.5, 0.6) is 0 Å². The van der Waals surface area contributed by atoms with Crippen LogP contribution in [0.2, 0.25) is 0 Å². The molecule has 15 rings (SSSR count). The van der Waals surface area contributed by atoms with Gasteiger partial charge in [-0.2, -0.15) is 0 Å². The second kappa shape index (κ2) is 11.8. The molecule has 6 atom stereocenters. The maximum atomic E-state index is 2.76. The number of nitrogens with zero attached hydrogens (tertiary/aromatic N) is 2. The van der Waals surface area contributed by atoms with E-state index < -0.39 is 0 Å². The lowest BCUT2D eigenvalue weighted by Crippen LogP contribution is -2.61. The summed E-state index contributed by atoms with van der Waals surface area (Å²) < 4.78 is 0. The summed E-state index contributed by atoms with van der Waals surface area (Å²) in [5.74, 6) is 1.44. The Balaban J connectivity index is 0.985. The Kier molecular flexibility index (Phi) is 6.78. The first kappa shape index (κ1) is 37.4. The Hall–Kier alpha value is -5.80. The number of benzene rings is 7. The third-order valence-corrected chi connectivity index (χ3v) is 21.4. The molecule has 65 heavy (non-hydrogen) atoms. The lowest BCUT2D eigenvalue weighted by atomic mass is 9.33. The number of hydrogen-bond donors (Lipinski definition) is 0. The first-order valence-corrected chi connectivity index (χ1v) is 24.9. The SMILES string of the molecule is CC1(C)[C@@H]2CC[C@@]1(C)[C@@]1(C2)c2ccccc2-c2cc3c(cc21)B1c2ccccc2N(c2ccc4c(c2)[C@@]2(C[C@H]5CC[C@]2(C)C5(C)C)c2ccccc2-4)c2cccc(c21)N3c1ccccc1. The van der Waals surface area contributed by atoms with Gasteiger partial charge in [0.25, 0.3) is 6.71 Å². The number of fused-ring (bicyclic) bond motifs is 20. The van der Waals surface area contributed by atoms with Crippen LogP contribution in [0.4, 0.5) is 34.1 Å². The molecule has 2 heterocycles. The fourth-order valence-electron chi connectivity index (χ4n) is 17.6. The molecule has 6 aliphatic carbocycles. The second-order valence-corrected chi connectivity index (χ2v) is 23.3. The van der Waals surface area contributed by atoms with E-state index in [9.17, 15) is 0 Å². The summed E-state index contributed by atoms with van der Waals surface area (Å²) in [6, 6.07) is 59.8. The van der Waals surface area contributed by atoms with Crippen LogP contribution < -0.4 is 26.2 Å². The summed E-state index contributed by atoms with van der Waals surface area (Å²) in [6.45, 7) is 15.8. The Labute approximate surface area is 385 Å². The molecule has 7 aromatic carbocycles. The second-order valence-electron chi connectivity index (χ2n) is 23.3. The van der Waals surface area contributed by atoms with E-state index in [0.717, 1.165) is 5.92 Å². The maximum absolute atomic E-state index is 2.76.